The topological polar surface area (TPSA) is 36.4 Å². The van der Waals surface area contributed by atoms with Crippen molar-refractivity contribution in [3.8, 4) is 0 Å². The number of pyridine rings is 1. The fourth-order valence-electron chi connectivity index (χ4n) is 3.65. The van der Waals surface area contributed by atoms with Gasteiger partial charge < -0.3 is 4.90 Å². The Balaban J connectivity index is 1.64. The third-order valence-electron chi connectivity index (χ3n) is 4.70. The van der Waals surface area contributed by atoms with Crippen molar-refractivity contribution in [1.82, 2.24) is 14.8 Å². The molecule has 0 radical (unpaired) electrons. The predicted octanol–water partition coefficient (Wildman–Crippen LogP) is 2.06. The summed E-state index contributed by atoms with van der Waals surface area (Å²) in [4.78, 5) is 20.7. The highest BCUT2D eigenvalue weighted by Gasteiger charge is 2.50. The summed E-state index contributed by atoms with van der Waals surface area (Å²) >= 11 is 0. The van der Waals surface area contributed by atoms with Gasteiger partial charge >= 0.3 is 0 Å². The van der Waals surface area contributed by atoms with Crippen molar-refractivity contribution in [2.24, 2.45) is 5.41 Å². The number of hydrogen-bond donors (Lipinski definition) is 0. The van der Waals surface area contributed by atoms with E-state index in [4.69, 9.17) is 0 Å². The molecule has 1 unspecified atom stereocenters. The molecule has 0 aromatic carbocycles. The first-order valence-electron chi connectivity index (χ1n) is 7.74. The molecule has 114 valence electrons. The van der Waals surface area contributed by atoms with E-state index >= 15 is 0 Å². The van der Waals surface area contributed by atoms with E-state index in [9.17, 15) is 9.18 Å². The van der Waals surface area contributed by atoms with Crippen molar-refractivity contribution < 1.29 is 9.18 Å². The molecule has 2 fully saturated rings. The predicted molar refractivity (Wildman–Crippen MR) is 78.0 cm³/mol. The van der Waals surface area contributed by atoms with Crippen LogP contribution in [0.1, 0.15) is 31.7 Å². The van der Waals surface area contributed by atoms with Gasteiger partial charge in [0, 0.05) is 32.4 Å². The van der Waals surface area contributed by atoms with Crippen LogP contribution in [0, 0.1) is 11.2 Å². The van der Waals surface area contributed by atoms with E-state index in [2.05, 4.69) is 16.8 Å². The minimum atomic E-state index is -0.299. The lowest BCUT2D eigenvalue weighted by Gasteiger charge is -2.23. The fraction of sp³-hybridized carbons (Fsp3) is 0.625. The number of aromatic nitrogens is 1. The molecule has 4 nitrogen and oxygen atoms in total. The van der Waals surface area contributed by atoms with Gasteiger partial charge in [-0.3, -0.25) is 14.7 Å². The Morgan fingerprint density at radius 1 is 1.33 bits per heavy atom. The van der Waals surface area contributed by atoms with Crippen LogP contribution in [-0.2, 0) is 11.3 Å². The molecule has 2 aliphatic rings. The van der Waals surface area contributed by atoms with Gasteiger partial charge in [-0.05, 0) is 37.4 Å². The number of carbonyl (C=O) groups excluding carboxylic acids is 1. The van der Waals surface area contributed by atoms with Gasteiger partial charge in [-0.2, -0.15) is 0 Å². The molecule has 21 heavy (non-hydrogen) atoms. The Morgan fingerprint density at radius 2 is 2.14 bits per heavy atom. The molecule has 2 saturated heterocycles. The van der Waals surface area contributed by atoms with Gasteiger partial charge in [0.05, 0.1) is 11.6 Å². The number of amides is 1. The van der Waals surface area contributed by atoms with E-state index in [0.29, 0.717) is 12.5 Å². The molecule has 1 aromatic rings. The molecule has 1 spiro atoms. The molecular weight excluding hydrogens is 269 g/mol. The molecule has 0 bridgehead atoms. The van der Waals surface area contributed by atoms with E-state index in [0.717, 1.165) is 51.0 Å². The molecule has 1 aromatic heterocycles. The van der Waals surface area contributed by atoms with Gasteiger partial charge in [0.15, 0.2) is 0 Å². The Hall–Kier alpha value is -1.49. The molecule has 5 heteroatoms. The second-order valence-electron chi connectivity index (χ2n) is 6.29. The first-order chi connectivity index (χ1) is 10.1. The molecule has 1 amide bonds. The zero-order valence-corrected chi connectivity index (χ0v) is 12.5. The van der Waals surface area contributed by atoms with Gasteiger partial charge in [0.1, 0.15) is 5.82 Å². The number of halogens is 1. The first kappa shape index (κ1) is 14.4. The van der Waals surface area contributed by atoms with E-state index in [1.54, 1.807) is 6.20 Å². The molecule has 0 N–H and O–H groups in total. The van der Waals surface area contributed by atoms with Crippen LogP contribution in [0.5, 0.6) is 0 Å². The summed E-state index contributed by atoms with van der Waals surface area (Å²) in [6.07, 6.45) is 5.82. The molecule has 3 rings (SSSR count). The van der Waals surface area contributed by atoms with Gasteiger partial charge in [-0.25, -0.2) is 4.39 Å². The molecule has 1 atom stereocenters. The summed E-state index contributed by atoms with van der Waals surface area (Å²) < 4.78 is 13.2. The maximum absolute atomic E-state index is 13.2. The standard InChI is InChI=1S/C16H22FN3O/c1-2-5-20-7-4-16(15(20)21)3-6-19(12-16)11-13-8-14(17)10-18-9-13/h8-10H,2-7,11-12H2,1H3. The van der Waals surface area contributed by atoms with Crippen LogP contribution in [-0.4, -0.2) is 46.9 Å². The molecule has 3 heterocycles. The van der Waals surface area contributed by atoms with Crippen molar-refractivity contribution in [2.75, 3.05) is 26.2 Å². The second kappa shape index (κ2) is 5.72. The van der Waals surface area contributed by atoms with E-state index < -0.39 is 0 Å². The minimum absolute atomic E-state index is 0.185. The smallest absolute Gasteiger partial charge is 0.230 e. The largest absolute Gasteiger partial charge is 0.342 e. The van der Waals surface area contributed by atoms with Crippen LogP contribution >= 0.6 is 0 Å². The third-order valence-corrected chi connectivity index (χ3v) is 4.70. The maximum atomic E-state index is 13.2. The van der Waals surface area contributed by atoms with Gasteiger partial charge in [-0.1, -0.05) is 6.92 Å². The van der Waals surface area contributed by atoms with Crippen molar-refractivity contribution in [2.45, 2.75) is 32.7 Å². The molecule has 0 saturated carbocycles. The quantitative estimate of drug-likeness (QED) is 0.852. The average molecular weight is 291 g/mol. The van der Waals surface area contributed by atoms with Crippen LogP contribution in [0.25, 0.3) is 0 Å². The summed E-state index contributed by atoms with van der Waals surface area (Å²) in [5.74, 6) is 0.0247. The Labute approximate surface area is 125 Å². The summed E-state index contributed by atoms with van der Waals surface area (Å²) in [7, 11) is 0. The van der Waals surface area contributed by atoms with E-state index in [1.807, 2.05) is 4.90 Å². The third kappa shape index (κ3) is 2.79. The maximum Gasteiger partial charge on any atom is 0.230 e. The van der Waals surface area contributed by atoms with Crippen molar-refractivity contribution in [1.29, 1.82) is 0 Å². The summed E-state index contributed by atoms with van der Waals surface area (Å²) in [6, 6.07) is 1.53. The number of likely N-dealkylation sites (tertiary alicyclic amines) is 2. The highest BCUT2D eigenvalue weighted by atomic mass is 19.1. The highest BCUT2D eigenvalue weighted by molar-refractivity contribution is 5.85. The van der Waals surface area contributed by atoms with Crippen molar-refractivity contribution >= 4 is 5.91 Å². The normalized spacial score (nSPS) is 26.2. The SMILES string of the molecule is CCCN1CCC2(CCN(Cc3cncc(F)c3)C2)C1=O. The van der Waals surface area contributed by atoms with E-state index in [1.165, 1.54) is 12.3 Å². The molecule has 0 aliphatic carbocycles. The van der Waals surface area contributed by atoms with Crippen LogP contribution in [0.4, 0.5) is 4.39 Å². The summed E-state index contributed by atoms with van der Waals surface area (Å²) in [5.41, 5.74) is 0.693. The van der Waals surface area contributed by atoms with Crippen molar-refractivity contribution in [3.05, 3.63) is 29.8 Å². The molecular formula is C16H22FN3O. The number of carbonyl (C=O) groups is 1. The lowest BCUT2D eigenvalue weighted by Crippen LogP contribution is -2.37. The van der Waals surface area contributed by atoms with Crippen LogP contribution < -0.4 is 0 Å². The van der Waals surface area contributed by atoms with Gasteiger partial charge in [-0.15, -0.1) is 0 Å². The first-order valence-corrected chi connectivity index (χ1v) is 7.74. The molecule has 2 aliphatic heterocycles. The van der Waals surface area contributed by atoms with Crippen LogP contribution in [0.15, 0.2) is 18.5 Å². The summed E-state index contributed by atoms with van der Waals surface area (Å²) in [5, 5.41) is 0. The number of nitrogens with zero attached hydrogens (tertiary/aromatic N) is 3. The number of rotatable bonds is 4. The zero-order chi connectivity index (χ0) is 14.9. The second-order valence-corrected chi connectivity index (χ2v) is 6.29. The Bertz CT molecular complexity index is 536. The Kier molecular flexibility index (Phi) is 3.93. The fourth-order valence-corrected chi connectivity index (χ4v) is 3.65. The van der Waals surface area contributed by atoms with Gasteiger partial charge in [0.25, 0.3) is 0 Å². The lowest BCUT2D eigenvalue weighted by molar-refractivity contribution is -0.135. The highest BCUT2D eigenvalue weighted by Crippen LogP contribution is 2.41. The summed E-state index contributed by atoms with van der Waals surface area (Å²) in [6.45, 7) is 6.24. The van der Waals surface area contributed by atoms with E-state index in [-0.39, 0.29) is 11.2 Å². The van der Waals surface area contributed by atoms with Crippen LogP contribution in [0.2, 0.25) is 0 Å². The van der Waals surface area contributed by atoms with Crippen LogP contribution in [0.3, 0.4) is 0 Å². The zero-order valence-electron chi connectivity index (χ0n) is 12.5. The van der Waals surface area contributed by atoms with Crippen molar-refractivity contribution in [3.63, 3.8) is 0 Å². The minimum Gasteiger partial charge on any atom is -0.342 e. The average Bonchev–Trinajstić information content (AvgIpc) is 2.99. The number of hydrogen-bond acceptors (Lipinski definition) is 3. The monoisotopic (exact) mass is 291 g/mol. The Morgan fingerprint density at radius 3 is 2.90 bits per heavy atom. The lowest BCUT2D eigenvalue weighted by atomic mass is 9.85. The van der Waals surface area contributed by atoms with Gasteiger partial charge in [0.2, 0.25) is 5.91 Å².